The van der Waals surface area contributed by atoms with Gasteiger partial charge in [-0.05, 0) is 36.0 Å². The molecule has 1 N–H and O–H groups in total. The number of hydrogen-bond donors (Lipinski definition) is 1. The van der Waals surface area contributed by atoms with Crippen LogP contribution in [0.5, 0.6) is 5.75 Å². The lowest BCUT2D eigenvalue weighted by Crippen LogP contribution is -2.37. The summed E-state index contributed by atoms with van der Waals surface area (Å²) >= 11 is 0. The van der Waals surface area contributed by atoms with Crippen LogP contribution in [0.3, 0.4) is 0 Å². The SMILES string of the molecule is CC(C)(C)c1ccc(OCCNC2CCOCC2)cc1. The molecular formula is C17H27NO2. The van der Waals surface area contributed by atoms with Crippen molar-refractivity contribution in [2.45, 2.75) is 45.1 Å². The van der Waals surface area contributed by atoms with E-state index in [4.69, 9.17) is 9.47 Å². The van der Waals surface area contributed by atoms with Gasteiger partial charge in [0, 0.05) is 25.8 Å². The van der Waals surface area contributed by atoms with Gasteiger partial charge in [0.1, 0.15) is 12.4 Å². The maximum Gasteiger partial charge on any atom is 0.119 e. The molecular weight excluding hydrogens is 250 g/mol. The molecule has 0 spiro atoms. The zero-order valence-corrected chi connectivity index (χ0v) is 12.9. The van der Waals surface area contributed by atoms with Gasteiger partial charge in [0.05, 0.1) is 0 Å². The van der Waals surface area contributed by atoms with E-state index >= 15 is 0 Å². The van der Waals surface area contributed by atoms with E-state index in [0.717, 1.165) is 38.3 Å². The van der Waals surface area contributed by atoms with Crippen molar-refractivity contribution in [1.82, 2.24) is 5.32 Å². The summed E-state index contributed by atoms with van der Waals surface area (Å²) in [6.45, 7) is 10.0. The predicted octanol–water partition coefficient (Wildman–Crippen LogP) is 3.13. The Morgan fingerprint density at radius 3 is 2.40 bits per heavy atom. The highest BCUT2D eigenvalue weighted by Crippen LogP contribution is 2.24. The molecule has 0 saturated carbocycles. The van der Waals surface area contributed by atoms with Crippen LogP contribution < -0.4 is 10.1 Å². The Labute approximate surface area is 122 Å². The molecule has 1 fully saturated rings. The summed E-state index contributed by atoms with van der Waals surface area (Å²) in [6, 6.07) is 9.03. The van der Waals surface area contributed by atoms with E-state index in [1.807, 2.05) is 0 Å². The first-order valence-corrected chi connectivity index (χ1v) is 7.60. The number of ether oxygens (including phenoxy) is 2. The lowest BCUT2D eigenvalue weighted by molar-refractivity contribution is 0.0770. The molecule has 0 amide bonds. The van der Waals surface area contributed by atoms with E-state index in [2.05, 4.69) is 50.4 Å². The average Bonchev–Trinajstić information content (AvgIpc) is 2.44. The summed E-state index contributed by atoms with van der Waals surface area (Å²) in [5.74, 6) is 0.951. The topological polar surface area (TPSA) is 30.5 Å². The lowest BCUT2D eigenvalue weighted by atomic mass is 9.87. The van der Waals surface area contributed by atoms with E-state index in [0.29, 0.717) is 12.6 Å². The summed E-state index contributed by atoms with van der Waals surface area (Å²) in [5, 5.41) is 3.52. The molecule has 0 aliphatic carbocycles. The first-order chi connectivity index (χ1) is 9.55. The van der Waals surface area contributed by atoms with Crippen LogP contribution in [0.1, 0.15) is 39.2 Å². The minimum absolute atomic E-state index is 0.198. The third kappa shape index (κ3) is 4.80. The molecule has 0 bridgehead atoms. The molecule has 3 nitrogen and oxygen atoms in total. The standard InChI is InChI=1S/C17H27NO2/c1-17(2,3)14-4-6-16(7-5-14)20-13-10-18-15-8-11-19-12-9-15/h4-7,15,18H,8-13H2,1-3H3. The minimum Gasteiger partial charge on any atom is -0.492 e. The molecule has 20 heavy (non-hydrogen) atoms. The van der Waals surface area contributed by atoms with Gasteiger partial charge in [0.2, 0.25) is 0 Å². The van der Waals surface area contributed by atoms with Crippen molar-refractivity contribution < 1.29 is 9.47 Å². The molecule has 0 unspecified atom stereocenters. The highest BCUT2D eigenvalue weighted by atomic mass is 16.5. The van der Waals surface area contributed by atoms with Gasteiger partial charge in [0.15, 0.2) is 0 Å². The fraction of sp³-hybridized carbons (Fsp3) is 0.647. The average molecular weight is 277 g/mol. The summed E-state index contributed by atoms with van der Waals surface area (Å²) < 4.78 is 11.1. The van der Waals surface area contributed by atoms with Crippen molar-refractivity contribution in [2.75, 3.05) is 26.4 Å². The van der Waals surface area contributed by atoms with Gasteiger partial charge in [-0.25, -0.2) is 0 Å². The second-order valence-corrected chi connectivity index (χ2v) is 6.46. The van der Waals surface area contributed by atoms with Crippen LogP contribution in [0.4, 0.5) is 0 Å². The van der Waals surface area contributed by atoms with E-state index in [1.54, 1.807) is 0 Å². The van der Waals surface area contributed by atoms with E-state index in [9.17, 15) is 0 Å². The second kappa shape index (κ2) is 7.09. The number of hydrogen-bond acceptors (Lipinski definition) is 3. The van der Waals surface area contributed by atoms with Crippen LogP contribution in [0.25, 0.3) is 0 Å². The van der Waals surface area contributed by atoms with Gasteiger partial charge in [-0.15, -0.1) is 0 Å². The molecule has 112 valence electrons. The Bertz CT molecular complexity index is 388. The van der Waals surface area contributed by atoms with Gasteiger partial charge in [-0.2, -0.15) is 0 Å². The lowest BCUT2D eigenvalue weighted by Gasteiger charge is -2.23. The van der Waals surface area contributed by atoms with Crippen molar-refractivity contribution in [3.05, 3.63) is 29.8 Å². The third-order valence-electron chi connectivity index (χ3n) is 3.75. The second-order valence-electron chi connectivity index (χ2n) is 6.46. The van der Waals surface area contributed by atoms with Crippen molar-refractivity contribution >= 4 is 0 Å². The molecule has 0 atom stereocenters. The van der Waals surface area contributed by atoms with Crippen LogP contribution in [0, 0.1) is 0 Å². The van der Waals surface area contributed by atoms with Gasteiger partial charge in [0.25, 0.3) is 0 Å². The van der Waals surface area contributed by atoms with Crippen LogP contribution in [-0.4, -0.2) is 32.4 Å². The van der Waals surface area contributed by atoms with Gasteiger partial charge in [-0.3, -0.25) is 0 Å². The predicted molar refractivity (Wildman–Crippen MR) is 82.5 cm³/mol. The quantitative estimate of drug-likeness (QED) is 0.839. The normalized spacial score (nSPS) is 17.1. The maximum absolute atomic E-state index is 5.77. The maximum atomic E-state index is 5.77. The third-order valence-corrected chi connectivity index (χ3v) is 3.75. The van der Waals surface area contributed by atoms with E-state index in [1.165, 1.54) is 5.56 Å². The van der Waals surface area contributed by atoms with Crippen LogP contribution >= 0.6 is 0 Å². The molecule has 1 heterocycles. The highest BCUT2D eigenvalue weighted by molar-refractivity contribution is 5.31. The monoisotopic (exact) mass is 277 g/mol. The fourth-order valence-corrected chi connectivity index (χ4v) is 2.38. The Balaban J connectivity index is 1.68. The molecule has 1 saturated heterocycles. The zero-order chi connectivity index (χ0) is 14.4. The fourth-order valence-electron chi connectivity index (χ4n) is 2.38. The van der Waals surface area contributed by atoms with Crippen molar-refractivity contribution in [3.63, 3.8) is 0 Å². The van der Waals surface area contributed by atoms with Crippen molar-refractivity contribution in [3.8, 4) is 5.75 Å². The van der Waals surface area contributed by atoms with Gasteiger partial charge >= 0.3 is 0 Å². The Morgan fingerprint density at radius 1 is 1.15 bits per heavy atom. The number of rotatable bonds is 5. The highest BCUT2D eigenvalue weighted by Gasteiger charge is 2.13. The number of nitrogens with one attached hydrogen (secondary N) is 1. The Morgan fingerprint density at radius 2 is 1.80 bits per heavy atom. The van der Waals surface area contributed by atoms with Crippen molar-refractivity contribution in [2.24, 2.45) is 0 Å². The Kier molecular flexibility index (Phi) is 5.44. The summed E-state index contributed by atoms with van der Waals surface area (Å²) in [7, 11) is 0. The van der Waals surface area contributed by atoms with Crippen LogP contribution in [0.15, 0.2) is 24.3 Å². The first-order valence-electron chi connectivity index (χ1n) is 7.60. The van der Waals surface area contributed by atoms with Crippen LogP contribution in [0.2, 0.25) is 0 Å². The van der Waals surface area contributed by atoms with Crippen LogP contribution in [-0.2, 0) is 10.2 Å². The van der Waals surface area contributed by atoms with Crippen molar-refractivity contribution in [1.29, 1.82) is 0 Å². The summed E-state index contributed by atoms with van der Waals surface area (Å²) in [4.78, 5) is 0. The van der Waals surface area contributed by atoms with E-state index in [-0.39, 0.29) is 5.41 Å². The molecule has 2 rings (SSSR count). The molecule has 1 aromatic carbocycles. The van der Waals surface area contributed by atoms with E-state index < -0.39 is 0 Å². The summed E-state index contributed by atoms with van der Waals surface area (Å²) in [6.07, 6.45) is 2.22. The largest absolute Gasteiger partial charge is 0.492 e. The molecule has 3 heteroatoms. The minimum atomic E-state index is 0.198. The van der Waals surface area contributed by atoms with Gasteiger partial charge in [-0.1, -0.05) is 32.9 Å². The molecule has 1 aliphatic heterocycles. The Hall–Kier alpha value is -1.06. The smallest absolute Gasteiger partial charge is 0.119 e. The van der Waals surface area contributed by atoms with Gasteiger partial charge < -0.3 is 14.8 Å². The molecule has 0 aromatic heterocycles. The first kappa shape index (κ1) is 15.3. The molecule has 0 radical (unpaired) electrons. The molecule has 1 aromatic rings. The summed E-state index contributed by atoms with van der Waals surface area (Å²) in [5.41, 5.74) is 1.54. The number of benzene rings is 1. The zero-order valence-electron chi connectivity index (χ0n) is 12.9. The molecule has 1 aliphatic rings.